The molecule has 1 heterocycles. The normalized spacial score (nSPS) is 26.9. The largest absolute Gasteiger partial charge is 0.463 e. The van der Waals surface area contributed by atoms with E-state index in [1.54, 1.807) is 25.3 Å². The van der Waals surface area contributed by atoms with Crippen LogP contribution in [0.4, 0.5) is 0 Å². The van der Waals surface area contributed by atoms with E-state index in [0.717, 1.165) is 4.90 Å². The van der Waals surface area contributed by atoms with Gasteiger partial charge < -0.3 is 18.9 Å². The molecule has 0 N–H and O–H groups in total. The minimum atomic E-state index is -0.638. The summed E-state index contributed by atoms with van der Waals surface area (Å²) in [6.07, 6.45) is -1.65. The van der Waals surface area contributed by atoms with Gasteiger partial charge >= 0.3 is 11.9 Å². The highest BCUT2D eigenvalue weighted by atomic mass is 35.5. The Morgan fingerprint density at radius 1 is 1.29 bits per heavy atom. The number of hydrogen-bond acceptors (Lipinski definition) is 8. The zero-order valence-corrected chi connectivity index (χ0v) is 17.6. The van der Waals surface area contributed by atoms with Gasteiger partial charge in [0.05, 0.1) is 16.7 Å². The summed E-state index contributed by atoms with van der Waals surface area (Å²) in [7, 11) is 1.56. The molecule has 0 amide bonds. The lowest BCUT2D eigenvalue weighted by Gasteiger charge is -2.44. The van der Waals surface area contributed by atoms with Crippen LogP contribution in [0.5, 0.6) is 0 Å². The van der Waals surface area contributed by atoms with Gasteiger partial charge in [0, 0.05) is 31.8 Å². The van der Waals surface area contributed by atoms with E-state index in [0.29, 0.717) is 10.6 Å². The number of benzene rings is 1. The van der Waals surface area contributed by atoms with Crippen LogP contribution in [0.1, 0.15) is 26.3 Å². The first-order chi connectivity index (χ1) is 13.3. The molecule has 0 saturated carbocycles. The average Bonchev–Trinajstić information content (AvgIpc) is 2.62. The molecule has 1 aliphatic heterocycles. The minimum Gasteiger partial charge on any atom is -0.463 e. The summed E-state index contributed by atoms with van der Waals surface area (Å²) in [4.78, 5) is 23.6. The number of hydrogen-bond donors (Lipinski definition) is 0. The molecule has 1 saturated heterocycles. The second-order valence-electron chi connectivity index (χ2n) is 6.35. The molecule has 0 radical (unpaired) electrons. The molecule has 0 bridgehead atoms. The number of nitrogens with zero attached hydrogens (tertiary/aromatic N) is 1. The molecule has 1 aromatic carbocycles. The fourth-order valence-electron chi connectivity index (χ4n) is 3.02. The zero-order valence-electron chi connectivity index (χ0n) is 16.0. The molecule has 0 aromatic heterocycles. The highest BCUT2D eigenvalue weighted by molar-refractivity contribution is 7.99. The molecule has 5 atom stereocenters. The van der Waals surface area contributed by atoms with Crippen molar-refractivity contribution < 1.29 is 28.5 Å². The third kappa shape index (κ3) is 5.61. The summed E-state index contributed by atoms with van der Waals surface area (Å²) < 4.78 is 22.2. The van der Waals surface area contributed by atoms with Gasteiger partial charge in [0.1, 0.15) is 30.3 Å². The lowest BCUT2D eigenvalue weighted by molar-refractivity contribution is -0.208. The Kier molecular flexibility index (Phi) is 8.13. The number of methoxy groups -OCH3 is 1. The molecule has 2 rings (SSSR count). The van der Waals surface area contributed by atoms with Crippen LogP contribution in [0.15, 0.2) is 23.1 Å². The molecule has 1 aromatic rings. The molecule has 7 nitrogen and oxygen atoms in total. The number of halogens is 1. The molecule has 9 heteroatoms. The second-order valence-corrected chi connectivity index (χ2v) is 7.93. The lowest BCUT2D eigenvalue weighted by atomic mass is 9.91. The van der Waals surface area contributed by atoms with Gasteiger partial charge in [-0.15, -0.1) is 0 Å². The van der Waals surface area contributed by atoms with Crippen molar-refractivity contribution >= 4 is 35.3 Å². The molecular formula is C19H22ClNO6S. The van der Waals surface area contributed by atoms with Gasteiger partial charge in [-0.1, -0.05) is 30.3 Å². The van der Waals surface area contributed by atoms with Crippen LogP contribution in [0, 0.1) is 17.2 Å². The smallest absolute Gasteiger partial charge is 0.303 e. The van der Waals surface area contributed by atoms with Gasteiger partial charge in [0.2, 0.25) is 0 Å². The van der Waals surface area contributed by atoms with Crippen molar-refractivity contribution in [1.82, 2.24) is 0 Å². The lowest BCUT2D eigenvalue weighted by Crippen LogP contribution is -2.55. The first kappa shape index (κ1) is 22.5. The third-order valence-corrected chi connectivity index (χ3v) is 5.77. The van der Waals surface area contributed by atoms with E-state index >= 15 is 0 Å². The summed E-state index contributed by atoms with van der Waals surface area (Å²) in [6, 6.07) is 7.11. The summed E-state index contributed by atoms with van der Waals surface area (Å²) in [5.41, 5.74) is -0.0775. The van der Waals surface area contributed by atoms with E-state index < -0.39 is 35.7 Å². The van der Waals surface area contributed by atoms with Crippen LogP contribution in [0.2, 0.25) is 5.02 Å². The number of thioether (sulfide) groups is 1. The van der Waals surface area contributed by atoms with Crippen molar-refractivity contribution in [3.8, 4) is 6.07 Å². The predicted octanol–water partition coefficient (Wildman–Crippen LogP) is 3.17. The van der Waals surface area contributed by atoms with Gasteiger partial charge in [-0.25, -0.2) is 0 Å². The molecule has 1 fully saturated rings. The molecule has 0 spiro atoms. The zero-order chi connectivity index (χ0) is 20.8. The van der Waals surface area contributed by atoms with E-state index in [1.807, 2.05) is 13.0 Å². The Morgan fingerprint density at radius 3 is 2.54 bits per heavy atom. The maximum Gasteiger partial charge on any atom is 0.303 e. The SMILES string of the molecule is COC1C(C)[C@@H](OC(C)=O)C(COC(C)=O)O[C@@H]1Sc1ccc(C#N)c(Cl)c1. The molecule has 3 unspecified atom stereocenters. The Balaban J connectivity index is 2.24. The number of esters is 2. The van der Waals surface area contributed by atoms with E-state index in [1.165, 1.54) is 25.6 Å². The van der Waals surface area contributed by atoms with Gasteiger partial charge in [0.15, 0.2) is 0 Å². The van der Waals surface area contributed by atoms with Crippen LogP contribution >= 0.6 is 23.4 Å². The Hall–Kier alpha value is -1.79. The standard InChI is InChI=1S/C19H22ClNO6S/c1-10-17(26-12(3)23)16(9-25-11(2)22)27-19(18(10)24-4)28-14-6-5-13(8-21)15(20)7-14/h5-7,10,16-19H,9H2,1-4H3/t10?,16?,17-,18?,19-/m1/s1. The van der Waals surface area contributed by atoms with Crippen LogP contribution < -0.4 is 0 Å². The minimum absolute atomic E-state index is 0.0424. The average molecular weight is 428 g/mol. The second kappa shape index (κ2) is 10.1. The molecule has 152 valence electrons. The first-order valence-electron chi connectivity index (χ1n) is 8.62. The van der Waals surface area contributed by atoms with Gasteiger partial charge in [0.25, 0.3) is 0 Å². The van der Waals surface area contributed by atoms with Crippen molar-refractivity contribution in [3.05, 3.63) is 28.8 Å². The van der Waals surface area contributed by atoms with Crippen molar-refractivity contribution in [2.75, 3.05) is 13.7 Å². The van der Waals surface area contributed by atoms with E-state index in [9.17, 15) is 9.59 Å². The molecular weight excluding hydrogens is 406 g/mol. The van der Waals surface area contributed by atoms with E-state index in [4.69, 9.17) is 35.8 Å². The van der Waals surface area contributed by atoms with E-state index in [2.05, 4.69) is 0 Å². The maximum absolute atomic E-state index is 11.5. The topological polar surface area (TPSA) is 94.8 Å². The number of nitriles is 1. The summed E-state index contributed by atoms with van der Waals surface area (Å²) in [5, 5.41) is 9.36. The number of ether oxygens (including phenoxy) is 4. The van der Waals surface area contributed by atoms with Crippen LogP contribution in [-0.4, -0.2) is 49.4 Å². The fraction of sp³-hybridized carbons (Fsp3) is 0.526. The van der Waals surface area contributed by atoms with Gasteiger partial charge in [-0.3, -0.25) is 9.59 Å². The summed E-state index contributed by atoms with van der Waals surface area (Å²) >= 11 is 7.49. The van der Waals surface area contributed by atoms with Crippen LogP contribution in [0.25, 0.3) is 0 Å². The number of carbonyl (C=O) groups is 2. The van der Waals surface area contributed by atoms with E-state index in [-0.39, 0.29) is 12.5 Å². The summed E-state index contributed by atoms with van der Waals surface area (Å²) in [6.45, 7) is 4.47. The molecule has 1 aliphatic rings. The Bertz CT molecular complexity index is 767. The Labute approximate surface area is 173 Å². The first-order valence-corrected chi connectivity index (χ1v) is 9.87. The monoisotopic (exact) mass is 427 g/mol. The van der Waals surface area contributed by atoms with Crippen molar-refractivity contribution in [3.63, 3.8) is 0 Å². The van der Waals surface area contributed by atoms with Gasteiger partial charge in [-0.2, -0.15) is 5.26 Å². The highest BCUT2D eigenvalue weighted by Gasteiger charge is 2.46. The molecule has 0 aliphatic carbocycles. The third-order valence-electron chi connectivity index (χ3n) is 4.32. The Morgan fingerprint density at radius 2 is 2.00 bits per heavy atom. The predicted molar refractivity (Wildman–Crippen MR) is 103 cm³/mol. The van der Waals surface area contributed by atoms with Gasteiger partial charge in [-0.05, 0) is 18.2 Å². The summed E-state index contributed by atoms with van der Waals surface area (Å²) in [5.74, 6) is -1.11. The maximum atomic E-state index is 11.5. The highest BCUT2D eigenvalue weighted by Crippen LogP contribution is 2.39. The van der Waals surface area contributed by atoms with Crippen LogP contribution in [-0.2, 0) is 28.5 Å². The van der Waals surface area contributed by atoms with Crippen molar-refractivity contribution in [1.29, 1.82) is 5.26 Å². The number of rotatable bonds is 6. The number of carbonyl (C=O) groups excluding carboxylic acids is 2. The molecule has 28 heavy (non-hydrogen) atoms. The quantitative estimate of drug-likeness (QED) is 0.639. The van der Waals surface area contributed by atoms with Crippen molar-refractivity contribution in [2.24, 2.45) is 5.92 Å². The fourth-order valence-corrected chi connectivity index (χ4v) is 4.60. The van der Waals surface area contributed by atoms with Crippen molar-refractivity contribution in [2.45, 2.75) is 49.4 Å². The van der Waals surface area contributed by atoms with Crippen LogP contribution in [0.3, 0.4) is 0 Å².